The molecule has 2 fully saturated rings. The van der Waals surface area contributed by atoms with Gasteiger partial charge in [0.15, 0.2) is 6.29 Å². The summed E-state index contributed by atoms with van der Waals surface area (Å²) in [4.78, 5) is 52.3. The normalized spacial score (nSPS) is 20.9. The summed E-state index contributed by atoms with van der Waals surface area (Å²) in [6.45, 7) is 4.38. The monoisotopic (exact) mass is 532 g/mol. The van der Waals surface area contributed by atoms with E-state index in [4.69, 9.17) is 4.74 Å². The number of carbonyl (C=O) groups is 3. The lowest BCUT2D eigenvalue weighted by Crippen LogP contribution is -2.54. The van der Waals surface area contributed by atoms with Gasteiger partial charge in [-0.1, -0.05) is 0 Å². The van der Waals surface area contributed by atoms with Gasteiger partial charge in [-0.15, -0.1) is 0 Å². The van der Waals surface area contributed by atoms with E-state index in [1.807, 2.05) is 24.9 Å². The van der Waals surface area contributed by atoms with Gasteiger partial charge >= 0.3 is 6.03 Å². The summed E-state index contributed by atoms with van der Waals surface area (Å²) in [7, 11) is 3.51. The largest absolute Gasteiger partial charge is 0.383 e. The molecule has 1 saturated carbocycles. The molecule has 204 valence electrons. The third kappa shape index (κ3) is 5.28. The quantitative estimate of drug-likeness (QED) is 0.489. The number of ether oxygens (including phenoxy) is 1. The van der Waals surface area contributed by atoms with Gasteiger partial charge < -0.3 is 15.0 Å². The molecule has 6 rings (SSSR count). The lowest BCUT2D eigenvalue weighted by Gasteiger charge is -2.49. The van der Waals surface area contributed by atoms with E-state index in [-0.39, 0.29) is 35.4 Å². The number of aromatic nitrogens is 2. The predicted octanol–water partition coefficient (Wildman–Crippen LogP) is 2.18. The molecule has 2 aromatic rings. The molecule has 5 heterocycles. The number of nitrogens with zero attached hydrogens (tertiary/aromatic N) is 6. The number of methoxy groups -OCH3 is 1. The van der Waals surface area contributed by atoms with Gasteiger partial charge in [-0.3, -0.25) is 24.7 Å². The number of nitriles is 1. The van der Waals surface area contributed by atoms with Crippen LogP contribution in [0.25, 0.3) is 0 Å². The van der Waals surface area contributed by atoms with Gasteiger partial charge in [0, 0.05) is 56.7 Å². The molecule has 12 nitrogen and oxygen atoms in total. The molecular formula is C27H32N8O4. The third-order valence-corrected chi connectivity index (χ3v) is 7.57. The molecule has 12 heteroatoms. The highest BCUT2D eigenvalue weighted by Gasteiger charge is 2.46. The van der Waals surface area contributed by atoms with Crippen molar-refractivity contribution in [2.24, 2.45) is 0 Å². The average Bonchev–Trinajstić information content (AvgIpc) is 2.88. The number of aldehydes is 1. The Labute approximate surface area is 226 Å². The highest BCUT2D eigenvalue weighted by Crippen LogP contribution is 2.50. The van der Waals surface area contributed by atoms with Crippen molar-refractivity contribution in [2.45, 2.75) is 44.3 Å². The summed E-state index contributed by atoms with van der Waals surface area (Å²) in [6.07, 6.45) is 3.71. The van der Waals surface area contributed by atoms with Crippen LogP contribution < -0.4 is 15.5 Å². The maximum absolute atomic E-state index is 13.5. The smallest absolute Gasteiger partial charge is 0.328 e. The highest BCUT2D eigenvalue weighted by atomic mass is 16.5. The Morgan fingerprint density at radius 2 is 2.13 bits per heavy atom. The number of anilines is 3. The van der Waals surface area contributed by atoms with Crippen LogP contribution in [0.4, 0.5) is 22.1 Å². The summed E-state index contributed by atoms with van der Waals surface area (Å²) in [5.41, 5.74) is 2.74. The van der Waals surface area contributed by atoms with Gasteiger partial charge in [0.1, 0.15) is 23.4 Å². The Hall–Kier alpha value is -4.08. The van der Waals surface area contributed by atoms with Gasteiger partial charge in [0.05, 0.1) is 24.4 Å². The number of pyridine rings is 2. The predicted molar refractivity (Wildman–Crippen MR) is 144 cm³/mol. The SMILES string of the molecule is COCC(C)Nc1cc(NC(=O)N2c3nc(C=O)c(CN4CCN(C)CC4=O)cc3C3CC2C3)ncc1C#N. The molecule has 0 aromatic carbocycles. The molecular weight excluding hydrogens is 500 g/mol. The molecule has 1 aliphatic carbocycles. The van der Waals surface area contributed by atoms with E-state index in [0.717, 1.165) is 24.9 Å². The highest BCUT2D eigenvalue weighted by molar-refractivity contribution is 6.03. The van der Waals surface area contributed by atoms with E-state index in [1.165, 1.54) is 6.20 Å². The van der Waals surface area contributed by atoms with Gasteiger partial charge in [0.2, 0.25) is 5.91 Å². The van der Waals surface area contributed by atoms with E-state index in [0.29, 0.717) is 55.2 Å². The molecule has 0 spiro atoms. The van der Waals surface area contributed by atoms with E-state index in [1.54, 1.807) is 23.0 Å². The molecule has 2 N–H and O–H groups in total. The van der Waals surface area contributed by atoms with E-state index < -0.39 is 6.03 Å². The third-order valence-electron chi connectivity index (χ3n) is 7.57. The minimum Gasteiger partial charge on any atom is -0.383 e. The maximum atomic E-state index is 13.5. The van der Waals surface area contributed by atoms with Crippen LogP contribution in [0, 0.1) is 11.3 Å². The molecule has 3 aliphatic heterocycles. The van der Waals surface area contributed by atoms with E-state index >= 15 is 0 Å². The fourth-order valence-electron chi connectivity index (χ4n) is 5.44. The van der Waals surface area contributed by atoms with Crippen LogP contribution in [0.15, 0.2) is 18.3 Å². The van der Waals surface area contributed by atoms with Crippen LogP contribution in [-0.2, 0) is 16.1 Å². The van der Waals surface area contributed by atoms with Crippen molar-refractivity contribution in [3.05, 3.63) is 40.7 Å². The fraction of sp³-hybridized carbons (Fsp3) is 0.481. The zero-order valence-electron chi connectivity index (χ0n) is 22.3. The summed E-state index contributed by atoms with van der Waals surface area (Å²) in [5, 5.41) is 15.5. The van der Waals surface area contributed by atoms with Gasteiger partial charge in [-0.05, 0) is 44.4 Å². The zero-order valence-corrected chi connectivity index (χ0v) is 22.3. The van der Waals surface area contributed by atoms with Crippen LogP contribution in [-0.4, -0.2) is 90.5 Å². The van der Waals surface area contributed by atoms with Crippen LogP contribution in [0.5, 0.6) is 0 Å². The molecule has 39 heavy (non-hydrogen) atoms. The first-order chi connectivity index (χ1) is 18.8. The summed E-state index contributed by atoms with van der Waals surface area (Å²) in [6, 6.07) is 5.18. The molecule has 1 saturated heterocycles. The number of hydrogen-bond donors (Lipinski definition) is 2. The number of amides is 3. The van der Waals surface area contributed by atoms with Crippen molar-refractivity contribution in [2.75, 3.05) is 55.9 Å². The van der Waals surface area contributed by atoms with Crippen LogP contribution in [0.1, 0.15) is 52.9 Å². The second-order valence-electron chi connectivity index (χ2n) is 10.5. The number of rotatable bonds is 8. The molecule has 1 unspecified atom stereocenters. The summed E-state index contributed by atoms with van der Waals surface area (Å²) >= 11 is 0. The molecule has 2 aromatic heterocycles. The minimum atomic E-state index is -0.404. The van der Waals surface area contributed by atoms with Crippen LogP contribution >= 0.6 is 0 Å². The van der Waals surface area contributed by atoms with Crippen molar-refractivity contribution in [3.8, 4) is 6.07 Å². The van der Waals surface area contributed by atoms with Crippen molar-refractivity contribution < 1.29 is 19.1 Å². The van der Waals surface area contributed by atoms with E-state index in [9.17, 15) is 19.6 Å². The van der Waals surface area contributed by atoms with Crippen LogP contribution in [0.3, 0.4) is 0 Å². The topological polar surface area (TPSA) is 144 Å². The minimum absolute atomic E-state index is 0.0171. The first-order valence-electron chi connectivity index (χ1n) is 13.0. The molecule has 4 aliphatic rings. The Balaban J connectivity index is 1.38. The fourth-order valence-corrected chi connectivity index (χ4v) is 5.44. The second kappa shape index (κ2) is 11.0. The first kappa shape index (κ1) is 26.5. The Kier molecular flexibility index (Phi) is 7.45. The number of urea groups is 1. The van der Waals surface area contributed by atoms with Gasteiger partial charge in [-0.25, -0.2) is 14.8 Å². The summed E-state index contributed by atoms with van der Waals surface area (Å²) < 4.78 is 5.16. The maximum Gasteiger partial charge on any atom is 0.328 e. The standard InChI is InChI=1S/C27H32N8O4/c1-16(15-39-3)30-22-9-24(29-11-19(22)10-28)32-27(38)35-20-6-17(7-20)21-8-18(23(14-36)31-26(21)35)12-34-5-4-33(2)13-25(34)37/h8-9,11,14,16-17,20H,4-7,12-13,15H2,1-3H3,(H2,29,30,32,38). The van der Waals surface area contributed by atoms with E-state index in [2.05, 4.69) is 26.7 Å². The first-order valence-corrected chi connectivity index (χ1v) is 13.0. The van der Waals surface area contributed by atoms with Crippen molar-refractivity contribution in [1.82, 2.24) is 19.8 Å². The van der Waals surface area contributed by atoms with Crippen LogP contribution in [0.2, 0.25) is 0 Å². The molecule has 2 bridgehead atoms. The lowest BCUT2D eigenvalue weighted by molar-refractivity contribution is -0.136. The Morgan fingerprint density at radius 3 is 2.82 bits per heavy atom. The van der Waals surface area contributed by atoms with Gasteiger partial charge in [0.25, 0.3) is 0 Å². The second-order valence-corrected chi connectivity index (χ2v) is 10.5. The molecule has 3 amide bonds. The number of nitrogens with one attached hydrogen (secondary N) is 2. The van der Waals surface area contributed by atoms with Crippen molar-refractivity contribution in [1.29, 1.82) is 5.26 Å². The van der Waals surface area contributed by atoms with Crippen molar-refractivity contribution >= 4 is 35.5 Å². The number of likely N-dealkylation sites (N-methyl/N-ethyl adjacent to an activating group) is 1. The Morgan fingerprint density at radius 1 is 1.33 bits per heavy atom. The average molecular weight is 533 g/mol. The summed E-state index contributed by atoms with van der Waals surface area (Å²) in [5.74, 6) is 1.03. The number of carbonyl (C=O) groups excluding carboxylic acids is 3. The number of piperazine rings is 1. The zero-order chi connectivity index (χ0) is 27.7. The molecule has 1 atom stereocenters. The van der Waals surface area contributed by atoms with Crippen molar-refractivity contribution in [3.63, 3.8) is 0 Å². The number of hydrogen-bond acceptors (Lipinski definition) is 9. The Bertz CT molecular complexity index is 1340. The lowest BCUT2D eigenvalue weighted by atomic mass is 9.71. The van der Waals surface area contributed by atoms with Gasteiger partial charge in [-0.2, -0.15) is 5.26 Å². The molecule has 0 radical (unpaired) electrons.